The number of aromatic nitrogens is 1. The third-order valence-electron chi connectivity index (χ3n) is 11.2. The zero-order valence-corrected chi connectivity index (χ0v) is 32.3. The summed E-state index contributed by atoms with van der Waals surface area (Å²) < 4.78 is 25.7. The van der Waals surface area contributed by atoms with Crippen LogP contribution in [0.25, 0.3) is 0 Å². The SMILES string of the molecule is CN=C(N)N[C@]12CCC[C@H](C1)Oc1cc(ccc1O)C[C@H]1[C@@H]3O[C@H](c4cc(O)c(O)c(OCCc5cccnc5)c4)C[C@H](OC(C)=O)[C@@H]3CC[C@H]1SSC2. The van der Waals surface area contributed by atoms with Crippen molar-refractivity contribution in [1.82, 2.24) is 10.3 Å². The molecule has 4 aliphatic rings. The number of hydrogen-bond acceptors (Lipinski definition) is 12. The van der Waals surface area contributed by atoms with Crippen LogP contribution in [-0.2, 0) is 27.1 Å². The second-order valence-corrected chi connectivity index (χ2v) is 17.6. The fourth-order valence-corrected chi connectivity index (χ4v) is 12.2. The number of aliphatic imine (C=N–C) groups is 1. The van der Waals surface area contributed by atoms with Crippen molar-refractivity contribution in [3.05, 3.63) is 71.5 Å². The van der Waals surface area contributed by atoms with Gasteiger partial charge in [0.15, 0.2) is 29.0 Å². The number of aromatic hydroxyl groups is 3. The average molecular weight is 779 g/mol. The standard InChI is InChI=1S/C40H50N4O8S2/c1-23(45)50-33-19-32(26-17-31(47)37(48)35(18-26)49-14-11-24-5-4-13-43-21-24)52-38-28(33)8-10-36-29(38)15-25-7-9-30(46)34(16-25)51-27-6-3-12-40(20-27,22-53-54-36)44-39(41)42-2/h4-5,7,9,13,16-18,21,27-29,32-33,36,38,46-48H,3,6,8,10-12,14-15,19-20,22H2,1-2H3,(H3,41,42,44)/t27-,28+,29-,32+,33+,36-,38-,40-/m1/s1. The van der Waals surface area contributed by atoms with E-state index in [0.29, 0.717) is 36.5 Å². The molecule has 2 aliphatic heterocycles. The van der Waals surface area contributed by atoms with Gasteiger partial charge in [-0.15, -0.1) is 0 Å². The predicted octanol–water partition coefficient (Wildman–Crippen LogP) is 6.21. The van der Waals surface area contributed by atoms with E-state index in [1.54, 1.807) is 31.6 Å². The first kappa shape index (κ1) is 38.3. The van der Waals surface area contributed by atoms with Crippen LogP contribution in [0.4, 0.5) is 0 Å². The summed E-state index contributed by atoms with van der Waals surface area (Å²) in [5.41, 5.74) is 8.57. The molecular formula is C40H50N4O8S2. The summed E-state index contributed by atoms with van der Waals surface area (Å²) in [7, 11) is 5.39. The summed E-state index contributed by atoms with van der Waals surface area (Å²) in [6, 6.07) is 12.6. The first-order chi connectivity index (χ1) is 26.1. The lowest BCUT2D eigenvalue weighted by atomic mass is 9.70. The largest absolute Gasteiger partial charge is 0.504 e. The van der Waals surface area contributed by atoms with Crippen molar-refractivity contribution in [2.45, 2.75) is 99.9 Å². The number of rotatable bonds is 7. The van der Waals surface area contributed by atoms with Crippen molar-refractivity contribution in [1.29, 1.82) is 0 Å². The molecular weight excluding hydrogens is 729 g/mol. The number of nitrogens with two attached hydrogens (primary N) is 1. The van der Waals surface area contributed by atoms with Gasteiger partial charge in [0, 0.05) is 68.5 Å². The quantitative estimate of drug-likeness (QED) is 0.0602. The van der Waals surface area contributed by atoms with Gasteiger partial charge in [-0.05, 0) is 85.5 Å². The first-order valence-corrected chi connectivity index (χ1v) is 21.2. The summed E-state index contributed by atoms with van der Waals surface area (Å²) in [6.45, 7) is 1.70. The number of guanidine groups is 1. The highest BCUT2D eigenvalue weighted by Crippen LogP contribution is 2.52. The summed E-state index contributed by atoms with van der Waals surface area (Å²) in [6.07, 6.45) is 8.92. The summed E-state index contributed by atoms with van der Waals surface area (Å²) in [4.78, 5) is 20.9. The zero-order chi connectivity index (χ0) is 37.8. The number of carbonyl (C=O) groups is 1. The number of phenols is 3. The molecule has 2 saturated carbocycles. The molecule has 1 aromatic heterocycles. The average Bonchev–Trinajstić information content (AvgIpc) is 3.15. The Morgan fingerprint density at radius 1 is 1.13 bits per heavy atom. The van der Waals surface area contributed by atoms with E-state index in [1.807, 2.05) is 45.9 Å². The van der Waals surface area contributed by atoms with Gasteiger partial charge in [0.25, 0.3) is 0 Å². The molecule has 2 aliphatic carbocycles. The van der Waals surface area contributed by atoms with E-state index in [0.717, 1.165) is 55.4 Å². The minimum absolute atomic E-state index is 0.00623. The molecule has 0 radical (unpaired) electrons. The highest BCUT2D eigenvalue weighted by atomic mass is 33.1. The van der Waals surface area contributed by atoms with E-state index >= 15 is 0 Å². The third kappa shape index (κ3) is 8.76. The molecule has 12 nitrogen and oxygen atoms in total. The van der Waals surface area contributed by atoms with Crippen LogP contribution in [-0.4, -0.2) is 80.7 Å². The Hall–Kier alpha value is -4.01. The number of hydrogen-bond donors (Lipinski definition) is 5. The van der Waals surface area contributed by atoms with Gasteiger partial charge in [0.05, 0.1) is 24.4 Å². The topological polar surface area (TPSA) is 178 Å². The molecule has 14 heteroatoms. The molecule has 0 unspecified atom stereocenters. The molecule has 3 fully saturated rings. The molecule has 2 aromatic carbocycles. The Morgan fingerprint density at radius 2 is 2.00 bits per heavy atom. The van der Waals surface area contributed by atoms with Gasteiger partial charge in [-0.1, -0.05) is 33.7 Å². The Morgan fingerprint density at radius 3 is 2.80 bits per heavy atom. The fraction of sp³-hybridized carbons (Fsp3) is 0.525. The van der Waals surface area contributed by atoms with E-state index < -0.39 is 12.2 Å². The maximum Gasteiger partial charge on any atom is 0.302 e. The van der Waals surface area contributed by atoms with E-state index in [9.17, 15) is 20.1 Å². The summed E-state index contributed by atoms with van der Waals surface area (Å²) >= 11 is 0. The monoisotopic (exact) mass is 778 g/mol. The highest BCUT2D eigenvalue weighted by Gasteiger charge is 2.50. The molecule has 6 N–H and O–H groups in total. The molecule has 290 valence electrons. The Balaban J connectivity index is 1.19. The van der Waals surface area contributed by atoms with Gasteiger partial charge in [0.1, 0.15) is 12.2 Å². The Kier molecular flexibility index (Phi) is 11.9. The van der Waals surface area contributed by atoms with Crippen molar-refractivity contribution < 1.29 is 39.1 Å². The number of pyridine rings is 1. The van der Waals surface area contributed by atoms with Crippen molar-refractivity contribution in [3.8, 4) is 28.7 Å². The van der Waals surface area contributed by atoms with Crippen LogP contribution in [0.15, 0.2) is 59.9 Å². The molecule has 54 heavy (non-hydrogen) atoms. The molecule has 0 amide bonds. The molecule has 8 atom stereocenters. The van der Waals surface area contributed by atoms with Crippen molar-refractivity contribution in [2.24, 2.45) is 22.6 Å². The lowest BCUT2D eigenvalue weighted by Crippen LogP contribution is -2.57. The van der Waals surface area contributed by atoms with E-state index in [4.69, 9.17) is 24.7 Å². The van der Waals surface area contributed by atoms with E-state index in [2.05, 4.69) is 15.3 Å². The first-order valence-electron chi connectivity index (χ1n) is 18.8. The lowest BCUT2D eigenvalue weighted by molar-refractivity contribution is -0.191. The van der Waals surface area contributed by atoms with Crippen LogP contribution >= 0.6 is 21.6 Å². The van der Waals surface area contributed by atoms with Crippen molar-refractivity contribution in [2.75, 3.05) is 19.4 Å². The predicted molar refractivity (Wildman–Crippen MR) is 209 cm³/mol. The minimum atomic E-state index is -0.550. The second kappa shape index (κ2) is 16.8. The van der Waals surface area contributed by atoms with Gasteiger partial charge < -0.3 is 45.3 Å². The van der Waals surface area contributed by atoms with Gasteiger partial charge in [-0.25, -0.2) is 0 Å². The maximum atomic E-state index is 12.5. The minimum Gasteiger partial charge on any atom is -0.504 e. The van der Waals surface area contributed by atoms with Crippen LogP contribution in [0.5, 0.6) is 28.7 Å². The number of benzene rings is 2. The van der Waals surface area contributed by atoms with Crippen LogP contribution in [0.2, 0.25) is 0 Å². The maximum absolute atomic E-state index is 12.5. The molecule has 4 bridgehead atoms. The second-order valence-electron chi connectivity index (χ2n) is 15.0. The van der Waals surface area contributed by atoms with Gasteiger partial charge in [-0.2, -0.15) is 0 Å². The molecule has 3 aromatic rings. The summed E-state index contributed by atoms with van der Waals surface area (Å²) in [5, 5.41) is 36.3. The van der Waals surface area contributed by atoms with Crippen LogP contribution in [0, 0.1) is 11.8 Å². The van der Waals surface area contributed by atoms with Gasteiger partial charge in [0.2, 0.25) is 5.75 Å². The van der Waals surface area contributed by atoms with Crippen molar-refractivity contribution in [3.63, 3.8) is 0 Å². The number of ether oxygens (including phenoxy) is 4. The number of nitrogens with one attached hydrogen (secondary N) is 1. The lowest BCUT2D eigenvalue weighted by Gasteiger charge is -2.50. The fourth-order valence-electron chi connectivity index (χ4n) is 8.64. The normalized spacial score (nSPS) is 29.8. The number of carbonyl (C=O) groups excluding carboxylic acids is 1. The number of nitrogens with zero attached hydrogens (tertiary/aromatic N) is 2. The van der Waals surface area contributed by atoms with E-state index in [1.165, 1.54) is 13.0 Å². The summed E-state index contributed by atoms with van der Waals surface area (Å²) in [5.74, 6) is 0.845. The Labute approximate surface area is 324 Å². The number of fused-ring (bicyclic) bond motifs is 7. The number of phenolic OH excluding ortho intramolecular Hbond substituents is 3. The van der Waals surface area contributed by atoms with Crippen LogP contribution in [0.3, 0.4) is 0 Å². The van der Waals surface area contributed by atoms with E-state index in [-0.39, 0.29) is 70.4 Å². The van der Waals surface area contributed by atoms with Gasteiger partial charge >= 0.3 is 5.97 Å². The molecule has 0 spiro atoms. The van der Waals surface area contributed by atoms with Gasteiger partial charge in [-0.3, -0.25) is 14.8 Å². The third-order valence-corrected chi connectivity index (χ3v) is 14.4. The molecule has 1 saturated heterocycles. The highest BCUT2D eigenvalue weighted by molar-refractivity contribution is 8.77. The molecule has 3 heterocycles. The zero-order valence-electron chi connectivity index (χ0n) is 30.7. The molecule has 7 rings (SSSR count). The Bertz CT molecular complexity index is 1820. The van der Waals surface area contributed by atoms with Crippen LogP contribution < -0.4 is 20.5 Å². The van der Waals surface area contributed by atoms with Crippen molar-refractivity contribution >= 4 is 33.5 Å². The van der Waals surface area contributed by atoms with Crippen LogP contribution in [0.1, 0.15) is 74.7 Å². The number of esters is 1. The smallest absolute Gasteiger partial charge is 0.302 e.